The topological polar surface area (TPSA) is 38.3 Å². The highest BCUT2D eigenvalue weighted by Crippen LogP contribution is 2.20. The summed E-state index contributed by atoms with van der Waals surface area (Å²) in [7, 11) is 0. The van der Waals surface area contributed by atoms with Gasteiger partial charge in [0.25, 0.3) is 5.91 Å². The molecule has 0 aromatic heterocycles. The van der Waals surface area contributed by atoms with Crippen molar-refractivity contribution in [2.75, 3.05) is 0 Å². The van der Waals surface area contributed by atoms with Crippen molar-refractivity contribution < 1.29 is 9.53 Å². The van der Waals surface area contributed by atoms with E-state index < -0.39 is 6.10 Å². The summed E-state index contributed by atoms with van der Waals surface area (Å²) in [5.74, 6) is 0.462. The molecule has 3 nitrogen and oxygen atoms in total. The van der Waals surface area contributed by atoms with E-state index >= 15 is 0 Å². The minimum Gasteiger partial charge on any atom is -0.481 e. The molecule has 1 unspecified atom stereocenters. The number of benzene rings is 2. The SMILES string of the molecule is Cc1ccc(OC(C)C(=O)NCc2ccc(Cl)cc2Cl)cc1. The Morgan fingerprint density at radius 3 is 2.50 bits per heavy atom. The minimum absolute atomic E-state index is 0.202. The molecule has 0 spiro atoms. The molecular weight excluding hydrogens is 321 g/mol. The van der Waals surface area contributed by atoms with Crippen LogP contribution in [-0.2, 0) is 11.3 Å². The van der Waals surface area contributed by atoms with Gasteiger partial charge in [-0.1, -0.05) is 47.0 Å². The summed E-state index contributed by atoms with van der Waals surface area (Å²) < 4.78 is 5.60. The van der Waals surface area contributed by atoms with Gasteiger partial charge in [0.05, 0.1) is 0 Å². The number of amides is 1. The Kier molecular flexibility index (Phi) is 5.69. The molecule has 0 bridgehead atoms. The molecule has 1 amide bonds. The zero-order valence-electron chi connectivity index (χ0n) is 12.4. The maximum absolute atomic E-state index is 12.1. The lowest BCUT2D eigenvalue weighted by Gasteiger charge is -2.15. The summed E-state index contributed by atoms with van der Waals surface area (Å²) in [5.41, 5.74) is 1.95. The maximum atomic E-state index is 12.1. The van der Waals surface area contributed by atoms with Crippen LogP contribution >= 0.6 is 23.2 Å². The van der Waals surface area contributed by atoms with Crippen LogP contribution in [0.1, 0.15) is 18.1 Å². The van der Waals surface area contributed by atoms with Crippen LogP contribution in [-0.4, -0.2) is 12.0 Å². The predicted molar refractivity (Wildman–Crippen MR) is 89.6 cm³/mol. The highest BCUT2D eigenvalue weighted by Gasteiger charge is 2.14. The van der Waals surface area contributed by atoms with Crippen molar-refractivity contribution in [3.8, 4) is 5.75 Å². The molecule has 22 heavy (non-hydrogen) atoms. The third-order valence-electron chi connectivity index (χ3n) is 3.17. The molecule has 1 atom stereocenters. The third kappa shape index (κ3) is 4.65. The standard InChI is InChI=1S/C17H17Cl2NO2/c1-11-3-7-15(8-4-11)22-12(2)17(21)20-10-13-5-6-14(18)9-16(13)19/h3-9,12H,10H2,1-2H3,(H,20,21). The van der Waals surface area contributed by atoms with Gasteiger partial charge in [-0.3, -0.25) is 4.79 Å². The fraction of sp³-hybridized carbons (Fsp3) is 0.235. The van der Waals surface area contributed by atoms with E-state index in [4.69, 9.17) is 27.9 Å². The lowest BCUT2D eigenvalue weighted by atomic mass is 10.2. The van der Waals surface area contributed by atoms with Crippen LogP contribution in [0.15, 0.2) is 42.5 Å². The highest BCUT2D eigenvalue weighted by atomic mass is 35.5. The molecule has 1 N–H and O–H groups in total. The van der Waals surface area contributed by atoms with E-state index in [1.807, 2.05) is 31.2 Å². The van der Waals surface area contributed by atoms with Gasteiger partial charge >= 0.3 is 0 Å². The van der Waals surface area contributed by atoms with Crippen molar-refractivity contribution in [3.63, 3.8) is 0 Å². The molecule has 0 saturated heterocycles. The normalized spacial score (nSPS) is 11.8. The lowest BCUT2D eigenvalue weighted by molar-refractivity contribution is -0.127. The zero-order valence-corrected chi connectivity index (χ0v) is 13.9. The Labute approximate surface area is 140 Å². The number of carbonyl (C=O) groups is 1. The number of hydrogen-bond acceptors (Lipinski definition) is 2. The second-order valence-corrected chi connectivity index (χ2v) is 5.87. The van der Waals surface area contributed by atoms with Crippen LogP contribution in [0, 0.1) is 6.92 Å². The Bertz CT molecular complexity index is 656. The summed E-state index contributed by atoms with van der Waals surface area (Å²) in [6.45, 7) is 4.03. The molecule has 116 valence electrons. The predicted octanol–water partition coefficient (Wildman–Crippen LogP) is 4.39. The van der Waals surface area contributed by atoms with Gasteiger partial charge in [0.15, 0.2) is 6.10 Å². The van der Waals surface area contributed by atoms with E-state index in [-0.39, 0.29) is 5.91 Å². The van der Waals surface area contributed by atoms with Crippen LogP contribution in [0.5, 0.6) is 5.75 Å². The second kappa shape index (κ2) is 7.52. The number of aryl methyl sites for hydroxylation is 1. The van der Waals surface area contributed by atoms with E-state index in [9.17, 15) is 4.79 Å². The van der Waals surface area contributed by atoms with Gasteiger partial charge < -0.3 is 10.1 Å². The van der Waals surface area contributed by atoms with Crippen molar-refractivity contribution in [2.45, 2.75) is 26.5 Å². The summed E-state index contributed by atoms with van der Waals surface area (Å²) in [4.78, 5) is 12.1. The number of halogens is 2. The summed E-state index contributed by atoms with van der Waals surface area (Å²) >= 11 is 11.9. The highest BCUT2D eigenvalue weighted by molar-refractivity contribution is 6.35. The average molecular weight is 338 g/mol. The quantitative estimate of drug-likeness (QED) is 0.878. The number of carbonyl (C=O) groups excluding carboxylic acids is 1. The first kappa shape index (κ1) is 16.7. The van der Waals surface area contributed by atoms with Gasteiger partial charge in [0.1, 0.15) is 5.75 Å². The Balaban J connectivity index is 1.89. The largest absolute Gasteiger partial charge is 0.481 e. The molecule has 0 aliphatic rings. The van der Waals surface area contributed by atoms with Crippen LogP contribution in [0.25, 0.3) is 0 Å². The van der Waals surface area contributed by atoms with E-state index in [1.54, 1.807) is 25.1 Å². The monoisotopic (exact) mass is 337 g/mol. The van der Waals surface area contributed by atoms with Crippen LogP contribution < -0.4 is 10.1 Å². The average Bonchev–Trinajstić information content (AvgIpc) is 2.48. The van der Waals surface area contributed by atoms with Crippen molar-refractivity contribution in [2.24, 2.45) is 0 Å². The molecule has 0 radical (unpaired) electrons. The first-order valence-corrected chi connectivity index (χ1v) is 7.66. The zero-order chi connectivity index (χ0) is 16.1. The fourth-order valence-corrected chi connectivity index (χ4v) is 2.34. The molecule has 0 fully saturated rings. The maximum Gasteiger partial charge on any atom is 0.261 e. The summed E-state index contributed by atoms with van der Waals surface area (Å²) in [6.07, 6.45) is -0.589. The number of nitrogens with one attached hydrogen (secondary N) is 1. The van der Waals surface area contributed by atoms with Gasteiger partial charge in [-0.2, -0.15) is 0 Å². The Hall–Kier alpha value is -1.71. The first-order chi connectivity index (χ1) is 10.5. The third-order valence-corrected chi connectivity index (χ3v) is 3.76. The number of ether oxygens (including phenoxy) is 1. The van der Waals surface area contributed by atoms with Gasteiger partial charge in [-0.15, -0.1) is 0 Å². The molecule has 0 aliphatic carbocycles. The second-order valence-electron chi connectivity index (χ2n) is 5.03. The summed E-state index contributed by atoms with van der Waals surface area (Å²) in [5, 5.41) is 3.89. The molecule has 2 rings (SSSR count). The van der Waals surface area contributed by atoms with E-state index in [1.165, 1.54) is 0 Å². The van der Waals surface area contributed by atoms with Gasteiger partial charge in [0.2, 0.25) is 0 Å². The van der Waals surface area contributed by atoms with Crippen molar-refractivity contribution >= 4 is 29.1 Å². The molecule has 0 heterocycles. The smallest absolute Gasteiger partial charge is 0.261 e. The fourth-order valence-electron chi connectivity index (χ4n) is 1.87. The number of rotatable bonds is 5. The molecule has 2 aromatic carbocycles. The minimum atomic E-state index is -0.589. The van der Waals surface area contributed by atoms with Crippen molar-refractivity contribution in [1.82, 2.24) is 5.32 Å². The van der Waals surface area contributed by atoms with E-state index in [0.717, 1.165) is 11.1 Å². The molecule has 2 aromatic rings. The van der Waals surface area contributed by atoms with Gasteiger partial charge in [-0.25, -0.2) is 0 Å². The Morgan fingerprint density at radius 2 is 1.86 bits per heavy atom. The van der Waals surface area contributed by atoms with Crippen LogP contribution in [0.3, 0.4) is 0 Å². The molecule has 0 saturated carbocycles. The van der Waals surface area contributed by atoms with Crippen molar-refractivity contribution in [3.05, 3.63) is 63.6 Å². The van der Waals surface area contributed by atoms with E-state index in [0.29, 0.717) is 22.3 Å². The Morgan fingerprint density at radius 1 is 1.18 bits per heavy atom. The van der Waals surface area contributed by atoms with Crippen LogP contribution in [0.2, 0.25) is 10.0 Å². The lowest BCUT2D eigenvalue weighted by Crippen LogP contribution is -2.35. The number of hydrogen-bond donors (Lipinski definition) is 1. The molecular formula is C17H17Cl2NO2. The molecule has 0 aliphatic heterocycles. The van der Waals surface area contributed by atoms with Crippen molar-refractivity contribution in [1.29, 1.82) is 0 Å². The van der Waals surface area contributed by atoms with E-state index in [2.05, 4.69) is 5.32 Å². The van der Waals surface area contributed by atoms with Gasteiger partial charge in [0, 0.05) is 16.6 Å². The van der Waals surface area contributed by atoms with Crippen LogP contribution in [0.4, 0.5) is 0 Å². The first-order valence-electron chi connectivity index (χ1n) is 6.90. The molecule has 5 heteroatoms. The van der Waals surface area contributed by atoms with Gasteiger partial charge in [-0.05, 0) is 43.7 Å². The summed E-state index contributed by atoms with van der Waals surface area (Å²) in [6, 6.07) is 12.7.